The highest BCUT2D eigenvalue weighted by Gasteiger charge is 2.38. The minimum absolute atomic E-state index is 0.0825. The Morgan fingerprint density at radius 2 is 1.87 bits per heavy atom. The summed E-state index contributed by atoms with van der Waals surface area (Å²) in [6.45, 7) is 5.16. The van der Waals surface area contributed by atoms with Crippen molar-refractivity contribution >= 4 is 40.9 Å². The van der Waals surface area contributed by atoms with E-state index in [4.69, 9.17) is 0 Å². The van der Waals surface area contributed by atoms with Crippen LogP contribution in [0, 0.1) is 5.92 Å². The quantitative estimate of drug-likeness (QED) is 0.706. The maximum Gasteiger partial charge on any atom is 0.247 e. The fourth-order valence-electron chi connectivity index (χ4n) is 3.97. The summed E-state index contributed by atoms with van der Waals surface area (Å²) in [5.41, 5.74) is 2.72. The van der Waals surface area contributed by atoms with E-state index in [2.05, 4.69) is 24.5 Å². The third-order valence-corrected chi connectivity index (χ3v) is 7.06. The van der Waals surface area contributed by atoms with Gasteiger partial charge in [0.2, 0.25) is 17.7 Å². The van der Waals surface area contributed by atoms with E-state index < -0.39 is 5.25 Å². The Bertz CT molecular complexity index is 990. The first-order valence-corrected chi connectivity index (χ1v) is 11.6. The van der Waals surface area contributed by atoms with Crippen LogP contribution in [0.4, 0.5) is 11.4 Å². The molecule has 7 heteroatoms. The lowest BCUT2D eigenvalue weighted by molar-refractivity contribution is -0.136. The number of carbonyl (C=O) groups is 3. The molecule has 2 heterocycles. The van der Waals surface area contributed by atoms with Gasteiger partial charge in [0, 0.05) is 23.7 Å². The lowest BCUT2D eigenvalue weighted by atomic mass is 9.96. The van der Waals surface area contributed by atoms with E-state index >= 15 is 0 Å². The Kier molecular flexibility index (Phi) is 6.32. The van der Waals surface area contributed by atoms with Gasteiger partial charge in [-0.25, -0.2) is 0 Å². The van der Waals surface area contributed by atoms with Gasteiger partial charge in [0.05, 0.1) is 11.6 Å². The summed E-state index contributed by atoms with van der Waals surface area (Å²) < 4.78 is 0. The Hall–Kier alpha value is -2.80. The van der Waals surface area contributed by atoms with Crippen molar-refractivity contribution in [2.75, 3.05) is 23.7 Å². The van der Waals surface area contributed by atoms with Gasteiger partial charge in [-0.2, -0.15) is 0 Å². The van der Waals surface area contributed by atoms with Crippen molar-refractivity contribution in [2.45, 2.75) is 42.8 Å². The minimum Gasteiger partial charge on any atom is -0.340 e. The third kappa shape index (κ3) is 4.77. The van der Waals surface area contributed by atoms with Crippen molar-refractivity contribution in [3.05, 3.63) is 54.1 Å². The van der Waals surface area contributed by atoms with Crippen molar-refractivity contribution in [3.63, 3.8) is 0 Å². The van der Waals surface area contributed by atoms with Gasteiger partial charge in [0.1, 0.15) is 0 Å². The highest BCUT2D eigenvalue weighted by atomic mass is 32.2. The smallest absolute Gasteiger partial charge is 0.247 e. The molecule has 0 radical (unpaired) electrons. The number of thioether (sulfide) groups is 1. The first-order valence-electron chi connectivity index (χ1n) is 10.7. The average Bonchev–Trinajstić information content (AvgIpc) is 2.78. The van der Waals surface area contributed by atoms with Gasteiger partial charge in [-0.05, 0) is 48.6 Å². The van der Waals surface area contributed by atoms with Gasteiger partial charge in [-0.1, -0.05) is 38.1 Å². The van der Waals surface area contributed by atoms with Crippen LogP contribution in [-0.4, -0.2) is 41.0 Å². The molecule has 0 spiro atoms. The lowest BCUT2D eigenvalue weighted by Gasteiger charge is -2.35. The summed E-state index contributed by atoms with van der Waals surface area (Å²) in [4.78, 5) is 41.0. The Balaban J connectivity index is 1.39. The van der Waals surface area contributed by atoms with E-state index in [0.29, 0.717) is 19.0 Å². The summed E-state index contributed by atoms with van der Waals surface area (Å²) in [5.74, 6) is -0.460. The fourth-order valence-corrected chi connectivity index (χ4v) is 5.04. The predicted octanol–water partition coefficient (Wildman–Crippen LogP) is 4.10. The second-order valence-electron chi connectivity index (χ2n) is 8.37. The molecule has 0 bridgehead atoms. The molecule has 0 aliphatic carbocycles. The number of carbonyl (C=O) groups excluding carboxylic acids is 3. The van der Waals surface area contributed by atoms with E-state index in [9.17, 15) is 14.4 Å². The van der Waals surface area contributed by atoms with E-state index in [1.54, 1.807) is 4.90 Å². The predicted molar refractivity (Wildman–Crippen MR) is 123 cm³/mol. The number of rotatable bonds is 4. The van der Waals surface area contributed by atoms with Crippen LogP contribution in [0.3, 0.4) is 0 Å². The molecular formula is C24H27N3O3S. The molecule has 31 heavy (non-hydrogen) atoms. The zero-order chi connectivity index (χ0) is 22.0. The Labute approximate surface area is 186 Å². The van der Waals surface area contributed by atoms with Crippen LogP contribution in [0.5, 0.6) is 0 Å². The van der Waals surface area contributed by atoms with Crippen molar-refractivity contribution in [1.82, 2.24) is 4.90 Å². The summed E-state index contributed by atoms with van der Waals surface area (Å²) >= 11 is 1.28. The molecule has 0 unspecified atom stereocenters. The summed E-state index contributed by atoms with van der Waals surface area (Å²) in [6.07, 6.45) is 1.47. The van der Waals surface area contributed by atoms with Crippen LogP contribution in [0.15, 0.2) is 53.4 Å². The number of para-hydroxylation sites is 1. The molecule has 6 nitrogen and oxygen atoms in total. The largest absolute Gasteiger partial charge is 0.340 e. The molecule has 0 aromatic heterocycles. The molecular weight excluding hydrogens is 410 g/mol. The molecule has 3 amide bonds. The maximum absolute atomic E-state index is 13.1. The lowest BCUT2D eigenvalue weighted by Crippen LogP contribution is -2.50. The van der Waals surface area contributed by atoms with Gasteiger partial charge in [0.25, 0.3) is 0 Å². The Morgan fingerprint density at radius 1 is 1.13 bits per heavy atom. The molecule has 2 atom stereocenters. The standard InChI is InChI=1S/C24H27N3O3S/c1-15(2)16-9-11-18(12-10-16)25-22(28)17-6-5-13-27(14-17)24(30)21-23(29)26-19-7-3-4-8-20(19)31-21/h3-4,7-12,15,17,21H,5-6,13-14H2,1-2H3,(H,25,28)(H,26,29)/t17-,21+/m1/s1. The summed E-state index contributed by atoms with van der Waals surface area (Å²) in [6, 6.07) is 15.3. The molecule has 2 aromatic carbocycles. The topological polar surface area (TPSA) is 78.5 Å². The Morgan fingerprint density at radius 3 is 2.61 bits per heavy atom. The van der Waals surface area contributed by atoms with E-state index in [-0.39, 0.29) is 23.6 Å². The molecule has 1 saturated heterocycles. The number of nitrogens with zero attached hydrogens (tertiary/aromatic N) is 1. The normalized spacial score (nSPS) is 20.7. The second kappa shape index (κ2) is 9.14. The van der Waals surface area contributed by atoms with Crippen molar-refractivity contribution in [1.29, 1.82) is 0 Å². The number of hydrogen-bond acceptors (Lipinski definition) is 4. The van der Waals surface area contributed by atoms with Crippen LogP contribution < -0.4 is 10.6 Å². The monoisotopic (exact) mass is 437 g/mol. The van der Waals surface area contributed by atoms with Crippen LogP contribution in [0.1, 0.15) is 38.2 Å². The fraction of sp³-hybridized carbons (Fsp3) is 0.375. The minimum atomic E-state index is -0.819. The number of benzene rings is 2. The summed E-state index contributed by atoms with van der Waals surface area (Å²) in [5, 5.41) is 4.98. The van der Waals surface area contributed by atoms with Gasteiger partial charge in [0.15, 0.2) is 5.25 Å². The van der Waals surface area contributed by atoms with Gasteiger partial charge in [-0.15, -0.1) is 11.8 Å². The van der Waals surface area contributed by atoms with Gasteiger partial charge >= 0.3 is 0 Å². The number of nitrogens with one attached hydrogen (secondary N) is 2. The van der Waals surface area contributed by atoms with Crippen molar-refractivity contribution in [3.8, 4) is 0 Å². The van der Waals surface area contributed by atoms with Crippen LogP contribution in [0.25, 0.3) is 0 Å². The van der Waals surface area contributed by atoms with Crippen LogP contribution in [0.2, 0.25) is 0 Å². The molecule has 0 saturated carbocycles. The molecule has 2 aliphatic rings. The summed E-state index contributed by atoms with van der Waals surface area (Å²) in [7, 11) is 0. The number of piperidine rings is 1. The average molecular weight is 438 g/mol. The highest BCUT2D eigenvalue weighted by molar-refractivity contribution is 8.01. The van der Waals surface area contributed by atoms with E-state index in [1.807, 2.05) is 48.5 Å². The van der Waals surface area contributed by atoms with E-state index in [1.165, 1.54) is 17.3 Å². The van der Waals surface area contributed by atoms with Crippen molar-refractivity contribution in [2.24, 2.45) is 5.92 Å². The molecule has 2 N–H and O–H groups in total. The number of hydrogen-bond donors (Lipinski definition) is 2. The zero-order valence-corrected chi connectivity index (χ0v) is 18.6. The zero-order valence-electron chi connectivity index (χ0n) is 17.8. The third-order valence-electron chi connectivity index (χ3n) is 5.80. The van der Waals surface area contributed by atoms with Crippen molar-refractivity contribution < 1.29 is 14.4 Å². The highest BCUT2D eigenvalue weighted by Crippen LogP contribution is 2.36. The molecule has 2 aliphatic heterocycles. The molecule has 2 aromatic rings. The molecule has 1 fully saturated rings. The maximum atomic E-state index is 13.1. The number of anilines is 2. The molecule has 162 valence electrons. The number of amides is 3. The van der Waals surface area contributed by atoms with Gasteiger partial charge < -0.3 is 15.5 Å². The van der Waals surface area contributed by atoms with E-state index in [0.717, 1.165) is 29.1 Å². The number of fused-ring (bicyclic) bond motifs is 1. The molecule has 4 rings (SSSR count). The number of likely N-dealkylation sites (tertiary alicyclic amines) is 1. The SMILES string of the molecule is CC(C)c1ccc(NC(=O)[C@@H]2CCCN(C(=O)[C@H]3Sc4ccccc4NC3=O)C2)cc1. The second-order valence-corrected chi connectivity index (χ2v) is 9.52. The van der Waals surface area contributed by atoms with Crippen LogP contribution in [-0.2, 0) is 14.4 Å². The van der Waals surface area contributed by atoms with Gasteiger partial charge in [-0.3, -0.25) is 14.4 Å². The van der Waals surface area contributed by atoms with Crippen LogP contribution >= 0.6 is 11.8 Å². The first kappa shape index (κ1) is 21.4. The first-order chi connectivity index (χ1) is 14.9.